The van der Waals surface area contributed by atoms with Crippen LogP contribution in [0.5, 0.6) is 0 Å². The van der Waals surface area contributed by atoms with Crippen LogP contribution in [0.1, 0.15) is 44.2 Å². The highest BCUT2D eigenvalue weighted by molar-refractivity contribution is 7.89. The Kier molecular flexibility index (Phi) is 8.85. The minimum atomic E-state index is -3.57. The van der Waals surface area contributed by atoms with Crippen molar-refractivity contribution < 1.29 is 18.0 Å². The SMILES string of the molecule is Cc1ccc(S(=O)(=O)N2CCC(C(=O)N[C@H](C)C(=O)N[C@@H](C)CCc3ccccc3)CC2)cc1. The highest BCUT2D eigenvalue weighted by atomic mass is 32.2. The van der Waals surface area contributed by atoms with Crippen LogP contribution < -0.4 is 10.6 Å². The summed E-state index contributed by atoms with van der Waals surface area (Å²) in [5.41, 5.74) is 2.22. The molecule has 0 bridgehead atoms. The highest BCUT2D eigenvalue weighted by Gasteiger charge is 2.33. The molecular weight excluding hydrogens is 450 g/mol. The first-order valence-corrected chi connectivity index (χ1v) is 13.3. The van der Waals surface area contributed by atoms with Crippen molar-refractivity contribution in [2.75, 3.05) is 13.1 Å². The maximum Gasteiger partial charge on any atom is 0.243 e. The molecule has 0 aliphatic carbocycles. The van der Waals surface area contributed by atoms with Gasteiger partial charge >= 0.3 is 0 Å². The first-order chi connectivity index (χ1) is 16.2. The Labute approximate surface area is 203 Å². The van der Waals surface area contributed by atoms with Gasteiger partial charge in [-0.1, -0.05) is 48.0 Å². The zero-order valence-corrected chi connectivity index (χ0v) is 21.0. The summed E-state index contributed by atoms with van der Waals surface area (Å²) in [4.78, 5) is 25.5. The lowest BCUT2D eigenvalue weighted by atomic mass is 9.97. The summed E-state index contributed by atoms with van der Waals surface area (Å²) in [5.74, 6) is -0.726. The zero-order valence-electron chi connectivity index (χ0n) is 20.2. The minimum Gasteiger partial charge on any atom is -0.352 e. The van der Waals surface area contributed by atoms with Crippen molar-refractivity contribution in [3.05, 3.63) is 65.7 Å². The van der Waals surface area contributed by atoms with Crippen LogP contribution in [0.15, 0.2) is 59.5 Å². The van der Waals surface area contributed by atoms with Crippen LogP contribution in [0.2, 0.25) is 0 Å². The number of hydrogen-bond donors (Lipinski definition) is 2. The van der Waals surface area contributed by atoms with E-state index in [1.54, 1.807) is 31.2 Å². The lowest BCUT2D eigenvalue weighted by molar-refractivity contribution is -0.131. The fraction of sp³-hybridized carbons (Fsp3) is 0.462. The predicted molar refractivity (Wildman–Crippen MR) is 133 cm³/mol. The molecule has 2 atom stereocenters. The number of amides is 2. The molecule has 0 aromatic heterocycles. The van der Waals surface area contributed by atoms with Crippen LogP contribution in [0.3, 0.4) is 0 Å². The third-order valence-corrected chi connectivity index (χ3v) is 8.25. The average Bonchev–Trinajstić information content (AvgIpc) is 2.83. The molecule has 184 valence electrons. The molecule has 0 radical (unpaired) electrons. The summed E-state index contributed by atoms with van der Waals surface area (Å²) < 4.78 is 27.2. The zero-order chi connectivity index (χ0) is 24.7. The summed E-state index contributed by atoms with van der Waals surface area (Å²) in [7, 11) is -3.57. The van der Waals surface area contributed by atoms with E-state index in [0.29, 0.717) is 12.8 Å². The van der Waals surface area contributed by atoms with Crippen LogP contribution in [-0.2, 0) is 26.0 Å². The Hall–Kier alpha value is -2.71. The van der Waals surface area contributed by atoms with E-state index < -0.39 is 16.1 Å². The Balaban J connectivity index is 1.44. The van der Waals surface area contributed by atoms with Gasteiger partial charge in [-0.2, -0.15) is 4.31 Å². The van der Waals surface area contributed by atoms with E-state index in [9.17, 15) is 18.0 Å². The molecule has 2 aromatic carbocycles. The maximum absolute atomic E-state index is 12.9. The van der Waals surface area contributed by atoms with Gasteiger partial charge in [-0.3, -0.25) is 9.59 Å². The van der Waals surface area contributed by atoms with E-state index in [1.807, 2.05) is 32.0 Å². The molecule has 1 aliphatic heterocycles. The topological polar surface area (TPSA) is 95.6 Å². The normalized spacial score (nSPS) is 17.0. The number of carbonyl (C=O) groups is 2. The number of benzene rings is 2. The van der Waals surface area contributed by atoms with Crippen molar-refractivity contribution in [3.8, 4) is 0 Å². The summed E-state index contributed by atoms with van der Waals surface area (Å²) in [6.45, 7) is 6.11. The summed E-state index contributed by atoms with van der Waals surface area (Å²) in [6.07, 6.45) is 2.54. The van der Waals surface area contributed by atoms with Gasteiger partial charge < -0.3 is 10.6 Å². The van der Waals surface area contributed by atoms with Gasteiger partial charge in [0.1, 0.15) is 6.04 Å². The Morgan fingerprint density at radius 3 is 2.21 bits per heavy atom. The molecule has 0 unspecified atom stereocenters. The van der Waals surface area contributed by atoms with E-state index in [4.69, 9.17) is 0 Å². The average molecular weight is 486 g/mol. The molecule has 1 saturated heterocycles. The summed E-state index contributed by atoms with van der Waals surface area (Å²) in [5, 5.41) is 5.77. The monoisotopic (exact) mass is 485 g/mol. The molecule has 7 nitrogen and oxygen atoms in total. The Morgan fingerprint density at radius 1 is 0.971 bits per heavy atom. The fourth-order valence-electron chi connectivity index (χ4n) is 4.08. The van der Waals surface area contributed by atoms with E-state index in [1.165, 1.54) is 9.87 Å². The number of sulfonamides is 1. The molecule has 1 aliphatic rings. The molecule has 1 heterocycles. The Morgan fingerprint density at radius 2 is 1.59 bits per heavy atom. The van der Waals surface area contributed by atoms with E-state index in [2.05, 4.69) is 22.8 Å². The van der Waals surface area contributed by atoms with Gasteiger partial charge in [0, 0.05) is 25.0 Å². The molecule has 2 N–H and O–H groups in total. The molecule has 34 heavy (non-hydrogen) atoms. The molecule has 2 amide bonds. The molecule has 0 spiro atoms. The van der Waals surface area contributed by atoms with Gasteiger partial charge in [-0.15, -0.1) is 0 Å². The van der Waals surface area contributed by atoms with Gasteiger partial charge in [-0.05, 0) is 64.2 Å². The number of hydrogen-bond acceptors (Lipinski definition) is 4. The van der Waals surface area contributed by atoms with E-state index >= 15 is 0 Å². The highest BCUT2D eigenvalue weighted by Crippen LogP contribution is 2.24. The van der Waals surface area contributed by atoms with Crippen molar-refractivity contribution in [1.82, 2.24) is 14.9 Å². The lowest BCUT2D eigenvalue weighted by Crippen LogP contribution is -2.50. The summed E-state index contributed by atoms with van der Waals surface area (Å²) in [6, 6.07) is 16.2. The van der Waals surface area contributed by atoms with Crippen LogP contribution in [0, 0.1) is 12.8 Å². The van der Waals surface area contributed by atoms with Gasteiger partial charge in [0.05, 0.1) is 4.90 Å². The number of piperidine rings is 1. The number of nitrogens with zero attached hydrogens (tertiary/aromatic N) is 1. The molecule has 3 rings (SSSR count). The van der Waals surface area contributed by atoms with Gasteiger partial charge in [0.2, 0.25) is 21.8 Å². The van der Waals surface area contributed by atoms with Gasteiger partial charge in [0.25, 0.3) is 0 Å². The molecule has 2 aromatic rings. The molecular formula is C26H35N3O4S. The molecule has 1 fully saturated rings. The third kappa shape index (κ3) is 6.90. The van der Waals surface area contributed by atoms with Crippen LogP contribution in [-0.4, -0.2) is 49.7 Å². The van der Waals surface area contributed by atoms with Crippen molar-refractivity contribution in [3.63, 3.8) is 0 Å². The van der Waals surface area contributed by atoms with Crippen LogP contribution in [0.4, 0.5) is 0 Å². The number of carbonyl (C=O) groups excluding carboxylic acids is 2. The van der Waals surface area contributed by atoms with E-state index in [-0.39, 0.29) is 41.8 Å². The molecule has 8 heteroatoms. The fourth-order valence-corrected chi connectivity index (χ4v) is 5.55. The number of rotatable bonds is 9. The third-order valence-electron chi connectivity index (χ3n) is 6.33. The second-order valence-corrected chi connectivity index (χ2v) is 11.1. The second kappa shape index (κ2) is 11.6. The number of aryl methyl sites for hydroxylation is 2. The van der Waals surface area contributed by atoms with Crippen molar-refractivity contribution >= 4 is 21.8 Å². The van der Waals surface area contributed by atoms with Crippen molar-refractivity contribution in [2.45, 2.75) is 63.4 Å². The maximum atomic E-state index is 12.9. The quantitative estimate of drug-likeness (QED) is 0.571. The second-order valence-electron chi connectivity index (χ2n) is 9.16. The number of nitrogens with one attached hydrogen (secondary N) is 2. The van der Waals surface area contributed by atoms with Crippen LogP contribution in [0.25, 0.3) is 0 Å². The molecule has 0 saturated carbocycles. The summed E-state index contributed by atoms with van der Waals surface area (Å²) >= 11 is 0. The lowest BCUT2D eigenvalue weighted by Gasteiger charge is -2.31. The van der Waals surface area contributed by atoms with Gasteiger partial charge in [-0.25, -0.2) is 8.42 Å². The largest absolute Gasteiger partial charge is 0.352 e. The first-order valence-electron chi connectivity index (χ1n) is 11.9. The minimum absolute atomic E-state index is 0.0118. The standard InChI is InChI=1S/C26H35N3O4S/c1-19-9-13-24(14-10-19)34(32,33)29-17-15-23(16-18-29)26(31)28-21(3)25(30)27-20(2)11-12-22-7-5-4-6-8-22/h4-10,13-14,20-21,23H,11-12,15-18H2,1-3H3,(H,27,30)(H,28,31)/t20-,21+/m0/s1. The van der Waals surface area contributed by atoms with Crippen molar-refractivity contribution in [1.29, 1.82) is 0 Å². The van der Waals surface area contributed by atoms with Crippen LogP contribution >= 0.6 is 0 Å². The smallest absolute Gasteiger partial charge is 0.243 e. The first kappa shape index (κ1) is 25.9. The Bertz CT molecular complexity index is 1060. The van der Waals surface area contributed by atoms with E-state index in [0.717, 1.165) is 18.4 Å². The predicted octanol–water partition coefficient (Wildman–Crippen LogP) is 3.04. The van der Waals surface area contributed by atoms with Gasteiger partial charge in [0.15, 0.2) is 0 Å². The van der Waals surface area contributed by atoms with Crippen molar-refractivity contribution in [2.24, 2.45) is 5.92 Å².